The number of carbonyl (C=O) groups excluding carboxylic acids is 4. The predicted octanol–water partition coefficient (Wildman–Crippen LogP) is 1.87. The summed E-state index contributed by atoms with van der Waals surface area (Å²) < 4.78 is 0. The van der Waals surface area contributed by atoms with Crippen LogP contribution in [-0.4, -0.2) is 57.4 Å². The van der Waals surface area contributed by atoms with Crippen LogP contribution in [-0.2, 0) is 16.0 Å². The average molecular weight is 538 g/mol. The molecule has 3 aromatic rings. The minimum Gasteiger partial charge on any atom is -0.351 e. The highest BCUT2D eigenvalue weighted by Crippen LogP contribution is 2.23. The number of nitrogens with one attached hydrogen (secondary N) is 5. The Bertz CT molecular complexity index is 1250. The Kier molecular flexibility index (Phi) is 9.20. The van der Waals surface area contributed by atoms with E-state index in [-0.39, 0.29) is 11.8 Å². The van der Waals surface area contributed by atoms with Crippen molar-refractivity contribution in [1.29, 1.82) is 0 Å². The SMILES string of the molecule is CC[C@H]1NC(=O)[C@@H](NC(=O)c2cn[nH]c2)CCCCNC(=O)c2csc(n2)[C@H](Cc2ccccc2)NC1=O. The average Bonchev–Trinajstić information content (AvgIpc) is 3.63. The van der Waals surface area contributed by atoms with Crippen molar-refractivity contribution in [2.75, 3.05) is 6.54 Å². The minimum atomic E-state index is -0.859. The summed E-state index contributed by atoms with van der Waals surface area (Å²) in [5.74, 6) is -1.55. The molecule has 1 aliphatic rings. The van der Waals surface area contributed by atoms with Crippen molar-refractivity contribution in [3.05, 3.63) is 69.9 Å². The van der Waals surface area contributed by atoms with Crippen molar-refractivity contribution < 1.29 is 19.2 Å². The monoisotopic (exact) mass is 537 g/mol. The van der Waals surface area contributed by atoms with Crippen LogP contribution >= 0.6 is 11.3 Å². The van der Waals surface area contributed by atoms with E-state index in [1.807, 2.05) is 30.3 Å². The fourth-order valence-corrected chi connectivity index (χ4v) is 5.00. The number of hydrogen-bond acceptors (Lipinski definition) is 7. The Morgan fingerprint density at radius 2 is 1.87 bits per heavy atom. The number of aromatic amines is 1. The molecule has 4 rings (SSSR count). The molecule has 0 unspecified atom stereocenters. The highest BCUT2D eigenvalue weighted by Gasteiger charge is 2.29. The van der Waals surface area contributed by atoms with Gasteiger partial charge in [0.05, 0.1) is 17.8 Å². The summed E-state index contributed by atoms with van der Waals surface area (Å²) in [6, 6.07) is 7.49. The molecule has 4 amide bonds. The molecule has 12 heteroatoms. The number of carbonyl (C=O) groups is 4. The smallest absolute Gasteiger partial charge is 0.270 e. The molecule has 5 N–H and O–H groups in total. The lowest BCUT2D eigenvalue weighted by Crippen LogP contribution is -2.54. The van der Waals surface area contributed by atoms with Crippen LogP contribution in [0.3, 0.4) is 0 Å². The lowest BCUT2D eigenvalue weighted by molar-refractivity contribution is -0.130. The highest BCUT2D eigenvalue weighted by atomic mass is 32.1. The van der Waals surface area contributed by atoms with Crippen molar-refractivity contribution in [2.45, 2.75) is 57.2 Å². The van der Waals surface area contributed by atoms with Crippen molar-refractivity contribution in [3.8, 4) is 0 Å². The first-order chi connectivity index (χ1) is 18.4. The summed E-state index contributed by atoms with van der Waals surface area (Å²) in [5.41, 5.74) is 1.59. The summed E-state index contributed by atoms with van der Waals surface area (Å²) >= 11 is 1.31. The van der Waals surface area contributed by atoms with Crippen molar-refractivity contribution in [1.82, 2.24) is 36.4 Å². The molecule has 0 fully saturated rings. The Labute approximate surface area is 224 Å². The summed E-state index contributed by atoms with van der Waals surface area (Å²) in [4.78, 5) is 56.4. The van der Waals surface area contributed by atoms with Crippen LogP contribution < -0.4 is 21.3 Å². The van der Waals surface area contributed by atoms with E-state index in [1.165, 1.54) is 23.7 Å². The second kappa shape index (κ2) is 13.0. The molecule has 1 aliphatic heterocycles. The second-order valence-corrected chi connectivity index (χ2v) is 9.95. The van der Waals surface area contributed by atoms with Crippen LogP contribution in [0.5, 0.6) is 0 Å². The second-order valence-electron chi connectivity index (χ2n) is 9.06. The summed E-state index contributed by atoms with van der Waals surface area (Å²) in [6.07, 6.45) is 5.13. The topological polar surface area (TPSA) is 158 Å². The van der Waals surface area contributed by atoms with Crippen LogP contribution in [0, 0.1) is 0 Å². The lowest BCUT2D eigenvalue weighted by atomic mass is 10.0. The Hall–Kier alpha value is -4.06. The normalized spacial score (nSPS) is 21.2. The third-order valence-electron chi connectivity index (χ3n) is 6.28. The molecule has 2 aromatic heterocycles. The number of hydrogen-bond donors (Lipinski definition) is 5. The molecule has 38 heavy (non-hydrogen) atoms. The van der Waals surface area contributed by atoms with E-state index in [2.05, 4.69) is 36.4 Å². The van der Waals surface area contributed by atoms with Gasteiger partial charge < -0.3 is 21.3 Å². The Morgan fingerprint density at radius 3 is 2.61 bits per heavy atom. The Balaban J connectivity index is 1.57. The quantitative estimate of drug-likeness (QED) is 0.334. The zero-order chi connectivity index (χ0) is 26.9. The predicted molar refractivity (Wildman–Crippen MR) is 141 cm³/mol. The van der Waals surface area contributed by atoms with E-state index in [9.17, 15) is 19.2 Å². The van der Waals surface area contributed by atoms with Crippen molar-refractivity contribution in [3.63, 3.8) is 0 Å². The van der Waals surface area contributed by atoms with Gasteiger partial charge in [-0.3, -0.25) is 24.3 Å². The zero-order valence-corrected chi connectivity index (χ0v) is 21.8. The third kappa shape index (κ3) is 7.03. The molecule has 3 heterocycles. The standard InChI is InChI=1S/C26H31N7O4S/c1-2-18-24(36)32-20(12-16-8-4-3-5-9-16)26-33-21(15-38-26)23(35)27-11-7-6-10-19(25(37)30-18)31-22(34)17-13-28-29-14-17/h3-5,8-9,13-15,18-20H,2,6-7,10-12H2,1H3,(H,27,35)(H,28,29)(H,30,37)(H,31,34)(H,32,36)/t18-,19+,20+/m1/s1. The molecule has 11 nitrogen and oxygen atoms in total. The summed E-state index contributed by atoms with van der Waals surface area (Å²) in [7, 11) is 0. The first-order valence-corrected chi connectivity index (χ1v) is 13.5. The fraction of sp³-hybridized carbons (Fsp3) is 0.385. The van der Waals surface area contributed by atoms with E-state index in [4.69, 9.17) is 0 Å². The van der Waals surface area contributed by atoms with Gasteiger partial charge in [-0.05, 0) is 37.7 Å². The molecular weight excluding hydrogens is 506 g/mol. The maximum atomic E-state index is 13.4. The number of H-pyrrole nitrogens is 1. The maximum Gasteiger partial charge on any atom is 0.270 e. The minimum absolute atomic E-state index is 0.293. The van der Waals surface area contributed by atoms with Gasteiger partial charge in [0.1, 0.15) is 22.8 Å². The van der Waals surface area contributed by atoms with Crippen molar-refractivity contribution in [2.24, 2.45) is 0 Å². The van der Waals surface area contributed by atoms with Crippen LogP contribution in [0.2, 0.25) is 0 Å². The molecule has 200 valence electrons. The largest absolute Gasteiger partial charge is 0.351 e. The van der Waals surface area contributed by atoms with Crippen molar-refractivity contribution >= 4 is 35.0 Å². The molecule has 0 spiro atoms. The van der Waals surface area contributed by atoms with E-state index in [0.717, 1.165) is 5.56 Å². The molecule has 0 radical (unpaired) electrons. The molecule has 0 saturated carbocycles. The molecule has 3 atom stereocenters. The van der Waals surface area contributed by atoms with E-state index in [0.29, 0.717) is 54.9 Å². The van der Waals surface area contributed by atoms with E-state index >= 15 is 0 Å². The number of thiazole rings is 1. The van der Waals surface area contributed by atoms with Gasteiger partial charge in [0.15, 0.2) is 0 Å². The van der Waals surface area contributed by atoms with Gasteiger partial charge in [0, 0.05) is 18.1 Å². The number of fused-ring (bicyclic) bond motifs is 2. The summed E-state index contributed by atoms with van der Waals surface area (Å²) in [6.45, 7) is 2.21. The highest BCUT2D eigenvalue weighted by molar-refractivity contribution is 7.09. The van der Waals surface area contributed by atoms with E-state index < -0.39 is 29.9 Å². The fourth-order valence-electron chi connectivity index (χ4n) is 4.15. The molecule has 0 saturated heterocycles. The first-order valence-electron chi connectivity index (χ1n) is 12.6. The summed E-state index contributed by atoms with van der Waals surface area (Å²) in [5, 5.41) is 20.1. The number of aromatic nitrogens is 3. The van der Waals surface area contributed by atoms with Gasteiger partial charge >= 0.3 is 0 Å². The van der Waals surface area contributed by atoms with Crippen LogP contribution in [0.25, 0.3) is 0 Å². The van der Waals surface area contributed by atoms with E-state index in [1.54, 1.807) is 12.3 Å². The lowest BCUT2D eigenvalue weighted by Gasteiger charge is -2.24. The zero-order valence-electron chi connectivity index (χ0n) is 21.0. The molecule has 2 bridgehead atoms. The van der Waals surface area contributed by atoms with Gasteiger partial charge in [0.2, 0.25) is 11.8 Å². The number of nitrogens with zero attached hydrogens (tertiary/aromatic N) is 2. The number of rotatable bonds is 5. The first kappa shape index (κ1) is 27.0. The van der Waals surface area contributed by atoms with Gasteiger partial charge in [-0.2, -0.15) is 5.10 Å². The van der Waals surface area contributed by atoms with Gasteiger partial charge in [-0.15, -0.1) is 11.3 Å². The maximum absolute atomic E-state index is 13.4. The molecule has 1 aromatic carbocycles. The third-order valence-corrected chi connectivity index (χ3v) is 7.24. The number of amides is 4. The van der Waals surface area contributed by atoms with Crippen LogP contribution in [0.1, 0.15) is 70.1 Å². The Morgan fingerprint density at radius 1 is 1.08 bits per heavy atom. The van der Waals surface area contributed by atoms with Crippen LogP contribution in [0.15, 0.2) is 48.1 Å². The molecule has 0 aliphatic carbocycles. The van der Waals surface area contributed by atoms with Gasteiger partial charge in [-0.1, -0.05) is 37.3 Å². The van der Waals surface area contributed by atoms with Gasteiger partial charge in [0.25, 0.3) is 11.8 Å². The van der Waals surface area contributed by atoms with Gasteiger partial charge in [-0.25, -0.2) is 4.98 Å². The van der Waals surface area contributed by atoms with Crippen LogP contribution in [0.4, 0.5) is 0 Å². The number of benzene rings is 1. The molecular formula is C26H31N7O4S.